The normalized spacial score (nSPS) is 11.4. The van der Waals surface area contributed by atoms with E-state index in [9.17, 15) is 4.79 Å². The van der Waals surface area contributed by atoms with Crippen LogP contribution in [0.3, 0.4) is 0 Å². The van der Waals surface area contributed by atoms with Gasteiger partial charge < -0.3 is 14.6 Å². The van der Waals surface area contributed by atoms with E-state index in [1.807, 2.05) is 24.3 Å². The summed E-state index contributed by atoms with van der Waals surface area (Å²) < 4.78 is 10.5. The van der Waals surface area contributed by atoms with Crippen LogP contribution in [0.2, 0.25) is 0 Å². The zero-order valence-electron chi connectivity index (χ0n) is 14.3. The largest absolute Gasteiger partial charge is 0.496 e. The summed E-state index contributed by atoms with van der Waals surface area (Å²) in [4.78, 5) is 16.9. The molecule has 2 aromatic carbocycles. The molecule has 7 nitrogen and oxygen atoms in total. The van der Waals surface area contributed by atoms with E-state index in [2.05, 4.69) is 15.5 Å². The highest BCUT2D eigenvalue weighted by Crippen LogP contribution is 2.28. The van der Waals surface area contributed by atoms with E-state index in [1.54, 1.807) is 44.4 Å². The predicted molar refractivity (Wildman–Crippen MR) is 92.5 cm³/mol. The third-order valence-corrected chi connectivity index (χ3v) is 3.80. The van der Waals surface area contributed by atoms with Gasteiger partial charge in [0.15, 0.2) is 5.82 Å². The summed E-state index contributed by atoms with van der Waals surface area (Å²) in [5.74, 6) is 0.995. The number of carbonyl (C=O) groups excluding carboxylic acids is 1. The molecule has 0 radical (unpaired) electrons. The van der Waals surface area contributed by atoms with Crippen LogP contribution in [0.4, 0.5) is 0 Å². The lowest BCUT2D eigenvalue weighted by Crippen LogP contribution is -2.30. The van der Waals surface area contributed by atoms with Gasteiger partial charge in [-0.2, -0.15) is 10.2 Å². The van der Waals surface area contributed by atoms with Gasteiger partial charge in [-0.05, 0) is 30.3 Å². The van der Waals surface area contributed by atoms with Crippen LogP contribution in [0, 0.1) is 18.3 Å². The molecule has 0 fully saturated rings. The lowest BCUT2D eigenvalue weighted by molar-refractivity contribution is 0.0941. The summed E-state index contributed by atoms with van der Waals surface area (Å²) in [6.07, 6.45) is 0. The number of rotatable bonds is 5. The summed E-state index contributed by atoms with van der Waals surface area (Å²) in [6, 6.07) is 15.0. The second-order valence-electron chi connectivity index (χ2n) is 5.51. The van der Waals surface area contributed by atoms with Gasteiger partial charge in [-0.15, -0.1) is 0 Å². The van der Waals surface area contributed by atoms with Crippen LogP contribution in [0.25, 0.3) is 0 Å². The molecule has 0 aliphatic heterocycles. The molecule has 1 amide bonds. The molecule has 3 aromatic rings. The van der Waals surface area contributed by atoms with E-state index in [1.165, 1.54) is 0 Å². The number of hydrogen-bond donors (Lipinski definition) is 1. The second kappa shape index (κ2) is 7.49. The SMILES string of the molecule is COc1ccccc1[C@H](NC(=O)c1ccc(C#N)cc1)c1noc(C)n1. The maximum Gasteiger partial charge on any atom is 0.252 e. The molecule has 0 spiro atoms. The van der Waals surface area contributed by atoms with E-state index >= 15 is 0 Å². The van der Waals surface area contributed by atoms with Gasteiger partial charge in [0.05, 0.1) is 18.7 Å². The van der Waals surface area contributed by atoms with Crippen molar-refractivity contribution in [3.05, 3.63) is 76.9 Å². The number of hydrogen-bond acceptors (Lipinski definition) is 6. The number of para-hydroxylation sites is 1. The average molecular weight is 348 g/mol. The Kier molecular flexibility index (Phi) is 4.94. The zero-order chi connectivity index (χ0) is 18.5. The number of methoxy groups -OCH3 is 1. The first-order valence-electron chi connectivity index (χ1n) is 7.86. The standard InChI is InChI=1S/C19H16N4O3/c1-12-21-18(23-26-12)17(15-5-3-4-6-16(15)25-2)22-19(24)14-9-7-13(11-20)8-10-14/h3-10,17H,1-2H3,(H,22,24)/t17-/m0/s1. The highest BCUT2D eigenvalue weighted by molar-refractivity contribution is 5.94. The number of aromatic nitrogens is 2. The Labute approximate surface area is 150 Å². The van der Waals surface area contributed by atoms with Crippen molar-refractivity contribution >= 4 is 5.91 Å². The molecule has 0 aliphatic rings. The Morgan fingerprint density at radius 1 is 1.23 bits per heavy atom. The molecule has 0 bridgehead atoms. The first-order chi connectivity index (χ1) is 12.6. The number of nitrogens with one attached hydrogen (secondary N) is 1. The number of ether oxygens (including phenoxy) is 1. The smallest absolute Gasteiger partial charge is 0.252 e. The maximum absolute atomic E-state index is 12.7. The number of nitrogens with zero attached hydrogens (tertiary/aromatic N) is 3. The monoisotopic (exact) mass is 348 g/mol. The van der Waals surface area contributed by atoms with Gasteiger partial charge in [-0.25, -0.2) is 0 Å². The molecule has 130 valence electrons. The molecule has 0 saturated carbocycles. The summed E-state index contributed by atoms with van der Waals surface area (Å²) in [5.41, 5.74) is 1.61. The number of amides is 1. The summed E-state index contributed by atoms with van der Waals surface area (Å²) >= 11 is 0. The number of nitriles is 1. The highest BCUT2D eigenvalue weighted by atomic mass is 16.5. The maximum atomic E-state index is 12.7. The van der Waals surface area contributed by atoms with Gasteiger partial charge in [-0.3, -0.25) is 4.79 Å². The lowest BCUT2D eigenvalue weighted by atomic mass is 10.0. The molecule has 0 saturated heterocycles. The zero-order valence-corrected chi connectivity index (χ0v) is 14.3. The predicted octanol–water partition coefficient (Wildman–Crippen LogP) is 2.78. The van der Waals surface area contributed by atoms with Crippen molar-refractivity contribution in [1.29, 1.82) is 5.26 Å². The van der Waals surface area contributed by atoms with Crippen molar-refractivity contribution in [1.82, 2.24) is 15.5 Å². The fraction of sp³-hybridized carbons (Fsp3) is 0.158. The van der Waals surface area contributed by atoms with Crippen molar-refractivity contribution in [3.63, 3.8) is 0 Å². The van der Waals surface area contributed by atoms with E-state index in [4.69, 9.17) is 14.5 Å². The van der Waals surface area contributed by atoms with Crippen molar-refractivity contribution in [2.75, 3.05) is 7.11 Å². The van der Waals surface area contributed by atoms with Crippen LogP contribution < -0.4 is 10.1 Å². The average Bonchev–Trinajstić information content (AvgIpc) is 3.12. The molecular weight excluding hydrogens is 332 g/mol. The van der Waals surface area contributed by atoms with Crippen molar-refractivity contribution < 1.29 is 14.1 Å². The van der Waals surface area contributed by atoms with E-state index in [0.29, 0.717) is 34.2 Å². The molecule has 0 unspecified atom stereocenters. The Hall–Kier alpha value is -3.66. The van der Waals surface area contributed by atoms with Gasteiger partial charge >= 0.3 is 0 Å². The molecule has 7 heteroatoms. The Morgan fingerprint density at radius 2 is 1.96 bits per heavy atom. The molecule has 1 heterocycles. The van der Waals surface area contributed by atoms with Crippen LogP contribution in [0.15, 0.2) is 53.1 Å². The van der Waals surface area contributed by atoms with Gasteiger partial charge in [0.2, 0.25) is 5.89 Å². The van der Waals surface area contributed by atoms with Crippen LogP contribution in [-0.2, 0) is 0 Å². The minimum atomic E-state index is -0.647. The summed E-state index contributed by atoms with van der Waals surface area (Å²) in [6.45, 7) is 1.68. The fourth-order valence-electron chi connectivity index (χ4n) is 2.53. The van der Waals surface area contributed by atoms with Crippen molar-refractivity contribution in [2.24, 2.45) is 0 Å². The quantitative estimate of drug-likeness (QED) is 0.761. The summed E-state index contributed by atoms with van der Waals surface area (Å²) in [7, 11) is 1.56. The minimum absolute atomic E-state index is 0.326. The Bertz CT molecular complexity index is 957. The van der Waals surface area contributed by atoms with E-state index in [-0.39, 0.29) is 5.91 Å². The van der Waals surface area contributed by atoms with Crippen LogP contribution >= 0.6 is 0 Å². The van der Waals surface area contributed by atoms with Gasteiger partial charge in [0.1, 0.15) is 11.8 Å². The third-order valence-electron chi connectivity index (χ3n) is 3.80. The van der Waals surface area contributed by atoms with Gasteiger partial charge in [-0.1, -0.05) is 23.4 Å². The third kappa shape index (κ3) is 3.54. The van der Waals surface area contributed by atoms with Crippen molar-refractivity contribution in [3.8, 4) is 11.8 Å². The fourth-order valence-corrected chi connectivity index (χ4v) is 2.53. The Morgan fingerprint density at radius 3 is 2.58 bits per heavy atom. The van der Waals surface area contributed by atoms with Gasteiger partial charge in [0.25, 0.3) is 5.91 Å². The van der Waals surface area contributed by atoms with Crippen LogP contribution in [0.1, 0.15) is 39.2 Å². The minimum Gasteiger partial charge on any atom is -0.496 e. The van der Waals surface area contributed by atoms with Crippen LogP contribution in [0.5, 0.6) is 5.75 Å². The van der Waals surface area contributed by atoms with E-state index in [0.717, 1.165) is 0 Å². The molecule has 3 rings (SSSR count). The number of benzene rings is 2. The Balaban J connectivity index is 1.95. The second-order valence-corrected chi connectivity index (χ2v) is 5.51. The van der Waals surface area contributed by atoms with E-state index < -0.39 is 6.04 Å². The first-order valence-corrected chi connectivity index (χ1v) is 7.86. The summed E-state index contributed by atoms with van der Waals surface area (Å²) in [5, 5.41) is 15.7. The molecule has 1 N–H and O–H groups in total. The number of carbonyl (C=O) groups is 1. The van der Waals surface area contributed by atoms with Crippen molar-refractivity contribution in [2.45, 2.75) is 13.0 Å². The van der Waals surface area contributed by atoms with Crippen LogP contribution in [-0.4, -0.2) is 23.2 Å². The highest BCUT2D eigenvalue weighted by Gasteiger charge is 2.25. The lowest BCUT2D eigenvalue weighted by Gasteiger charge is -2.18. The molecule has 26 heavy (non-hydrogen) atoms. The van der Waals surface area contributed by atoms with Gasteiger partial charge in [0, 0.05) is 18.1 Å². The topological polar surface area (TPSA) is 101 Å². The molecule has 1 aromatic heterocycles. The first kappa shape index (κ1) is 17.2. The number of aryl methyl sites for hydroxylation is 1. The molecule has 0 aliphatic carbocycles. The molecular formula is C19H16N4O3. The molecule has 1 atom stereocenters.